The highest BCUT2D eigenvalue weighted by Crippen LogP contribution is 2.33. The van der Waals surface area contributed by atoms with E-state index in [1.807, 2.05) is 6.20 Å². The van der Waals surface area contributed by atoms with Crippen molar-refractivity contribution in [2.45, 2.75) is 25.7 Å². The molecule has 1 saturated heterocycles. The molecule has 2 aromatic heterocycles. The van der Waals surface area contributed by atoms with Gasteiger partial charge >= 0.3 is 0 Å². The zero-order valence-corrected chi connectivity index (χ0v) is 15.1. The molecule has 0 spiro atoms. The lowest BCUT2D eigenvalue weighted by Crippen LogP contribution is -2.40. The Bertz CT molecular complexity index is 985. The quantitative estimate of drug-likeness (QED) is 0.747. The highest BCUT2D eigenvalue weighted by molar-refractivity contribution is 5.92. The van der Waals surface area contributed by atoms with Gasteiger partial charge in [0.05, 0.1) is 6.20 Å². The number of nitrogens with zero attached hydrogens (tertiary/aromatic N) is 3. The number of H-pyrrole nitrogens is 2. The molecule has 0 unspecified atom stereocenters. The number of rotatable bonds is 3. The number of aryl methyl sites for hydroxylation is 1. The third-order valence-corrected chi connectivity index (χ3v) is 5.05. The number of aromatic nitrogens is 4. The first-order chi connectivity index (χ1) is 13.1. The fraction of sp³-hybridized carbons (Fsp3) is 0.300. The summed E-state index contributed by atoms with van der Waals surface area (Å²) in [6.45, 7) is 3.35. The van der Waals surface area contributed by atoms with Crippen LogP contribution in [0.25, 0.3) is 11.1 Å². The van der Waals surface area contributed by atoms with E-state index in [0.29, 0.717) is 13.1 Å². The summed E-state index contributed by atoms with van der Waals surface area (Å²) >= 11 is 0. The zero-order valence-electron chi connectivity index (χ0n) is 15.1. The molecule has 1 aromatic carbocycles. The van der Waals surface area contributed by atoms with Crippen LogP contribution in [-0.2, 0) is 0 Å². The largest absolute Gasteiger partial charge is 0.337 e. The topological polar surface area (TPSA) is 94.7 Å². The predicted molar refractivity (Wildman–Crippen MR) is 101 cm³/mol. The Balaban J connectivity index is 1.56. The van der Waals surface area contributed by atoms with Gasteiger partial charge in [0.15, 0.2) is 0 Å². The molecule has 3 aromatic rings. The average molecular weight is 363 g/mol. The number of carbonyl (C=O) groups is 1. The Morgan fingerprint density at radius 3 is 2.70 bits per heavy atom. The van der Waals surface area contributed by atoms with Crippen molar-refractivity contribution in [1.29, 1.82) is 0 Å². The van der Waals surface area contributed by atoms with Crippen LogP contribution in [0.5, 0.6) is 0 Å². The minimum absolute atomic E-state index is 0.160. The second kappa shape index (κ2) is 7.19. The highest BCUT2D eigenvalue weighted by atomic mass is 16.2. The summed E-state index contributed by atoms with van der Waals surface area (Å²) in [6, 6.07) is 11.2. The van der Waals surface area contributed by atoms with Crippen LogP contribution in [0.1, 0.15) is 40.5 Å². The van der Waals surface area contributed by atoms with Crippen LogP contribution in [-0.4, -0.2) is 44.3 Å². The van der Waals surface area contributed by atoms with Gasteiger partial charge in [-0.2, -0.15) is 10.2 Å². The van der Waals surface area contributed by atoms with Crippen molar-refractivity contribution in [2.75, 3.05) is 13.1 Å². The van der Waals surface area contributed by atoms with E-state index >= 15 is 0 Å². The number of aromatic amines is 2. The molecule has 27 heavy (non-hydrogen) atoms. The number of nitrogens with one attached hydrogen (secondary N) is 2. The van der Waals surface area contributed by atoms with E-state index in [1.54, 1.807) is 4.90 Å². The van der Waals surface area contributed by atoms with Crippen LogP contribution in [0.3, 0.4) is 0 Å². The number of piperidine rings is 1. The van der Waals surface area contributed by atoms with Gasteiger partial charge in [-0.3, -0.25) is 14.7 Å². The second-order valence-electron chi connectivity index (χ2n) is 6.96. The third-order valence-electron chi connectivity index (χ3n) is 5.05. The Kier molecular flexibility index (Phi) is 4.58. The van der Waals surface area contributed by atoms with E-state index in [9.17, 15) is 9.59 Å². The van der Waals surface area contributed by atoms with Gasteiger partial charge in [0.2, 0.25) is 0 Å². The predicted octanol–water partition coefficient (Wildman–Crippen LogP) is 2.49. The monoisotopic (exact) mass is 363 g/mol. The maximum absolute atomic E-state index is 12.7. The molecule has 1 atom stereocenters. The molecule has 7 heteroatoms. The molecule has 1 fully saturated rings. The van der Waals surface area contributed by atoms with Crippen LogP contribution >= 0.6 is 0 Å². The fourth-order valence-corrected chi connectivity index (χ4v) is 3.59. The van der Waals surface area contributed by atoms with Crippen LogP contribution in [0.2, 0.25) is 0 Å². The molecular weight excluding hydrogens is 342 g/mol. The Morgan fingerprint density at radius 2 is 1.96 bits per heavy atom. The molecule has 138 valence electrons. The van der Waals surface area contributed by atoms with E-state index in [4.69, 9.17) is 0 Å². The van der Waals surface area contributed by atoms with Gasteiger partial charge in [0.25, 0.3) is 11.5 Å². The lowest BCUT2D eigenvalue weighted by atomic mass is 9.90. The van der Waals surface area contributed by atoms with E-state index < -0.39 is 0 Å². The smallest absolute Gasteiger partial charge is 0.274 e. The van der Waals surface area contributed by atoms with Crippen LogP contribution < -0.4 is 5.56 Å². The Labute approximate surface area is 156 Å². The van der Waals surface area contributed by atoms with Gasteiger partial charge in [-0.05, 0) is 31.4 Å². The van der Waals surface area contributed by atoms with E-state index in [2.05, 4.69) is 51.6 Å². The summed E-state index contributed by atoms with van der Waals surface area (Å²) in [5, 5.41) is 13.6. The van der Waals surface area contributed by atoms with Crippen molar-refractivity contribution in [3.8, 4) is 11.1 Å². The number of benzene rings is 1. The van der Waals surface area contributed by atoms with Crippen molar-refractivity contribution in [2.24, 2.45) is 0 Å². The van der Waals surface area contributed by atoms with Crippen LogP contribution in [0.15, 0.2) is 47.4 Å². The molecule has 1 aliphatic rings. The number of likely N-dealkylation sites (tertiary alicyclic amines) is 1. The van der Waals surface area contributed by atoms with Gasteiger partial charge in [-0.1, -0.05) is 29.8 Å². The van der Waals surface area contributed by atoms with E-state index in [1.165, 1.54) is 17.7 Å². The lowest BCUT2D eigenvalue weighted by Gasteiger charge is -2.32. The molecule has 3 heterocycles. The second-order valence-corrected chi connectivity index (χ2v) is 6.96. The summed E-state index contributed by atoms with van der Waals surface area (Å²) in [4.78, 5) is 25.7. The minimum Gasteiger partial charge on any atom is -0.337 e. The molecule has 2 N–H and O–H groups in total. The number of hydrogen-bond donors (Lipinski definition) is 2. The average Bonchev–Trinajstić information content (AvgIpc) is 3.18. The van der Waals surface area contributed by atoms with Gasteiger partial charge in [0, 0.05) is 36.3 Å². The summed E-state index contributed by atoms with van der Waals surface area (Å²) < 4.78 is 0. The Hall–Kier alpha value is -3.22. The summed E-state index contributed by atoms with van der Waals surface area (Å²) in [6.07, 6.45) is 3.75. The first kappa shape index (κ1) is 17.2. The normalized spacial score (nSPS) is 17.1. The maximum atomic E-state index is 12.7. The van der Waals surface area contributed by atoms with Crippen molar-refractivity contribution < 1.29 is 4.79 Å². The molecule has 1 aliphatic heterocycles. The standard InChI is InChI=1S/C20H21N5O2/c1-13-4-6-14(7-5-13)16-11-21-24-19(16)15-3-2-10-25(12-15)20(27)17-8-9-18(26)23-22-17/h4-9,11,15H,2-3,10,12H2,1H3,(H,21,24)(H,23,26)/t15-/m1/s1. The molecule has 0 radical (unpaired) electrons. The van der Waals surface area contributed by atoms with Gasteiger partial charge in [0.1, 0.15) is 5.69 Å². The van der Waals surface area contributed by atoms with Gasteiger partial charge < -0.3 is 4.90 Å². The van der Waals surface area contributed by atoms with Crippen LogP contribution in [0, 0.1) is 6.92 Å². The molecule has 1 amide bonds. The van der Waals surface area contributed by atoms with Crippen LogP contribution in [0.4, 0.5) is 0 Å². The molecule has 0 aliphatic carbocycles. The van der Waals surface area contributed by atoms with Crippen molar-refractivity contribution in [3.63, 3.8) is 0 Å². The van der Waals surface area contributed by atoms with Crippen molar-refractivity contribution in [3.05, 3.63) is 69.9 Å². The van der Waals surface area contributed by atoms with E-state index in [-0.39, 0.29) is 23.1 Å². The first-order valence-corrected chi connectivity index (χ1v) is 9.07. The number of carbonyl (C=O) groups excluding carboxylic acids is 1. The van der Waals surface area contributed by atoms with E-state index in [0.717, 1.165) is 29.7 Å². The lowest BCUT2D eigenvalue weighted by molar-refractivity contribution is 0.0698. The summed E-state index contributed by atoms with van der Waals surface area (Å²) in [7, 11) is 0. The third kappa shape index (κ3) is 3.53. The Morgan fingerprint density at radius 1 is 1.15 bits per heavy atom. The van der Waals surface area contributed by atoms with Crippen molar-refractivity contribution in [1.82, 2.24) is 25.3 Å². The minimum atomic E-state index is -0.316. The summed E-state index contributed by atoms with van der Waals surface area (Å²) in [5.74, 6) is 0.0246. The number of hydrogen-bond acceptors (Lipinski definition) is 4. The van der Waals surface area contributed by atoms with Crippen molar-refractivity contribution >= 4 is 5.91 Å². The molecular formula is C20H21N5O2. The molecule has 0 bridgehead atoms. The number of amides is 1. The fourth-order valence-electron chi connectivity index (χ4n) is 3.59. The first-order valence-electron chi connectivity index (χ1n) is 9.07. The summed E-state index contributed by atoms with van der Waals surface area (Å²) in [5.41, 5.74) is 4.42. The van der Waals surface area contributed by atoms with Gasteiger partial charge in [-0.25, -0.2) is 5.10 Å². The molecule has 4 rings (SSSR count). The van der Waals surface area contributed by atoms with Gasteiger partial charge in [-0.15, -0.1) is 0 Å². The SMILES string of the molecule is Cc1ccc(-c2cn[nH]c2[C@@H]2CCCN(C(=O)c3ccc(=O)[nH]n3)C2)cc1. The highest BCUT2D eigenvalue weighted by Gasteiger charge is 2.28. The molecule has 7 nitrogen and oxygen atoms in total. The zero-order chi connectivity index (χ0) is 18.8. The molecule has 0 saturated carbocycles. The maximum Gasteiger partial charge on any atom is 0.274 e.